The molecule has 6 nitrogen and oxygen atoms in total. The SMILES string of the molecule is O=c1ccc(N2CCN(S(=O)(=O)Cc3ccccc3)CC2)c[nH]1. The first-order chi connectivity index (χ1) is 11.0. The molecule has 2 heterocycles. The summed E-state index contributed by atoms with van der Waals surface area (Å²) in [6.07, 6.45) is 1.66. The molecule has 1 aromatic carbocycles. The van der Waals surface area contributed by atoms with E-state index in [0.29, 0.717) is 26.2 Å². The Balaban J connectivity index is 1.64. The number of H-pyrrole nitrogens is 1. The molecule has 0 atom stereocenters. The van der Waals surface area contributed by atoms with Gasteiger partial charge in [-0.3, -0.25) is 4.79 Å². The van der Waals surface area contributed by atoms with Crippen LogP contribution in [-0.2, 0) is 15.8 Å². The number of rotatable bonds is 4. The molecule has 7 heteroatoms. The summed E-state index contributed by atoms with van der Waals surface area (Å²) in [5.41, 5.74) is 1.57. The Labute approximate surface area is 135 Å². The zero-order valence-electron chi connectivity index (χ0n) is 12.7. The van der Waals surface area contributed by atoms with Crippen LogP contribution < -0.4 is 10.5 Å². The molecule has 1 N–H and O–H groups in total. The molecule has 3 rings (SSSR count). The molecule has 1 fully saturated rings. The number of benzene rings is 1. The molecular weight excluding hydrogens is 314 g/mol. The molecule has 1 aromatic heterocycles. The minimum Gasteiger partial charge on any atom is -0.368 e. The van der Waals surface area contributed by atoms with Crippen LogP contribution in [0.25, 0.3) is 0 Å². The van der Waals surface area contributed by atoms with Crippen molar-refractivity contribution in [3.8, 4) is 0 Å². The number of hydrogen-bond acceptors (Lipinski definition) is 4. The fourth-order valence-corrected chi connectivity index (χ4v) is 4.22. The second-order valence-electron chi connectivity index (χ2n) is 5.54. The van der Waals surface area contributed by atoms with Gasteiger partial charge in [-0.15, -0.1) is 0 Å². The molecule has 0 amide bonds. The summed E-state index contributed by atoms with van der Waals surface area (Å²) in [6.45, 7) is 2.13. The minimum absolute atomic E-state index is 0.0342. The average Bonchev–Trinajstić information content (AvgIpc) is 2.56. The van der Waals surface area contributed by atoms with Gasteiger partial charge in [-0.2, -0.15) is 4.31 Å². The van der Waals surface area contributed by atoms with E-state index in [1.807, 2.05) is 30.3 Å². The maximum atomic E-state index is 12.5. The number of anilines is 1. The van der Waals surface area contributed by atoms with Crippen LogP contribution in [0.4, 0.5) is 5.69 Å². The van der Waals surface area contributed by atoms with E-state index in [9.17, 15) is 13.2 Å². The lowest BCUT2D eigenvalue weighted by Gasteiger charge is -2.35. The fourth-order valence-electron chi connectivity index (χ4n) is 2.70. The molecule has 1 aliphatic rings. The van der Waals surface area contributed by atoms with Crippen LogP contribution >= 0.6 is 0 Å². The molecule has 0 spiro atoms. The number of nitrogens with one attached hydrogen (secondary N) is 1. The third kappa shape index (κ3) is 3.80. The number of piperazine rings is 1. The van der Waals surface area contributed by atoms with E-state index in [0.717, 1.165) is 11.3 Å². The first-order valence-electron chi connectivity index (χ1n) is 7.50. The minimum atomic E-state index is -3.30. The van der Waals surface area contributed by atoms with Gasteiger partial charge in [0.15, 0.2) is 0 Å². The molecule has 122 valence electrons. The Bertz CT molecular complexity index is 789. The number of pyridine rings is 1. The van der Waals surface area contributed by atoms with Crippen LogP contribution in [0.2, 0.25) is 0 Å². The van der Waals surface area contributed by atoms with Crippen molar-refractivity contribution in [1.82, 2.24) is 9.29 Å². The van der Waals surface area contributed by atoms with E-state index in [4.69, 9.17) is 0 Å². The highest BCUT2D eigenvalue weighted by atomic mass is 32.2. The van der Waals surface area contributed by atoms with Gasteiger partial charge in [0.05, 0.1) is 11.4 Å². The number of aromatic amines is 1. The zero-order valence-corrected chi connectivity index (χ0v) is 13.5. The lowest BCUT2D eigenvalue weighted by molar-refractivity contribution is 0.384. The van der Waals surface area contributed by atoms with Crippen molar-refractivity contribution in [3.63, 3.8) is 0 Å². The van der Waals surface area contributed by atoms with Gasteiger partial charge in [0.25, 0.3) is 0 Å². The van der Waals surface area contributed by atoms with E-state index < -0.39 is 10.0 Å². The van der Waals surface area contributed by atoms with E-state index >= 15 is 0 Å². The first-order valence-corrected chi connectivity index (χ1v) is 9.11. The summed E-state index contributed by atoms with van der Waals surface area (Å²) in [7, 11) is -3.30. The van der Waals surface area contributed by atoms with Gasteiger partial charge in [-0.1, -0.05) is 30.3 Å². The van der Waals surface area contributed by atoms with Crippen LogP contribution in [0.15, 0.2) is 53.5 Å². The molecule has 23 heavy (non-hydrogen) atoms. The molecule has 0 radical (unpaired) electrons. The third-order valence-electron chi connectivity index (χ3n) is 3.96. The van der Waals surface area contributed by atoms with Crippen molar-refractivity contribution in [3.05, 3.63) is 64.6 Å². The standard InChI is InChI=1S/C16H19N3O3S/c20-16-7-6-15(12-17-16)18-8-10-19(11-9-18)23(21,22)13-14-4-2-1-3-5-14/h1-7,12H,8-11,13H2,(H,17,20). The van der Waals surface area contributed by atoms with Gasteiger partial charge in [0.1, 0.15) is 0 Å². The summed E-state index contributed by atoms with van der Waals surface area (Å²) >= 11 is 0. The summed E-state index contributed by atoms with van der Waals surface area (Å²) in [5.74, 6) is 0.0342. The largest absolute Gasteiger partial charge is 0.368 e. The number of sulfonamides is 1. The quantitative estimate of drug-likeness (QED) is 0.907. The van der Waals surface area contributed by atoms with Crippen molar-refractivity contribution in [2.24, 2.45) is 0 Å². The fraction of sp³-hybridized carbons (Fsp3) is 0.312. The van der Waals surface area contributed by atoms with E-state index in [1.165, 1.54) is 6.07 Å². The van der Waals surface area contributed by atoms with Crippen LogP contribution in [0.3, 0.4) is 0 Å². The second kappa shape index (κ2) is 6.55. The predicted molar refractivity (Wildman–Crippen MR) is 89.9 cm³/mol. The van der Waals surface area contributed by atoms with Crippen LogP contribution in [0.1, 0.15) is 5.56 Å². The van der Waals surface area contributed by atoms with Crippen molar-refractivity contribution in [2.45, 2.75) is 5.75 Å². The predicted octanol–water partition coefficient (Wildman–Crippen LogP) is 1.03. The van der Waals surface area contributed by atoms with Crippen molar-refractivity contribution in [2.75, 3.05) is 31.1 Å². The van der Waals surface area contributed by atoms with Crippen molar-refractivity contribution in [1.29, 1.82) is 0 Å². The third-order valence-corrected chi connectivity index (χ3v) is 5.81. The summed E-state index contributed by atoms with van der Waals surface area (Å²) in [4.78, 5) is 15.8. The average molecular weight is 333 g/mol. The Kier molecular flexibility index (Phi) is 4.49. The monoisotopic (exact) mass is 333 g/mol. The maximum absolute atomic E-state index is 12.5. The highest BCUT2D eigenvalue weighted by molar-refractivity contribution is 7.88. The lowest BCUT2D eigenvalue weighted by Crippen LogP contribution is -2.49. The summed E-state index contributed by atoms with van der Waals surface area (Å²) in [6, 6.07) is 12.5. The van der Waals surface area contributed by atoms with Gasteiger partial charge in [-0.05, 0) is 11.6 Å². The zero-order chi connectivity index (χ0) is 16.3. The normalized spacial score (nSPS) is 16.4. The van der Waals surface area contributed by atoms with Crippen molar-refractivity contribution >= 4 is 15.7 Å². The number of hydrogen-bond donors (Lipinski definition) is 1. The lowest BCUT2D eigenvalue weighted by atomic mass is 10.2. The van der Waals surface area contributed by atoms with Gasteiger partial charge < -0.3 is 9.88 Å². The summed E-state index contributed by atoms with van der Waals surface area (Å²) in [5, 5.41) is 0. The van der Waals surface area contributed by atoms with E-state index in [2.05, 4.69) is 9.88 Å². The Morgan fingerprint density at radius 2 is 1.65 bits per heavy atom. The maximum Gasteiger partial charge on any atom is 0.248 e. The van der Waals surface area contributed by atoms with Crippen molar-refractivity contribution < 1.29 is 8.42 Å². The molecule has 0 aliphatic carbocycles. The molecule has 0 bridgehead atoms. The smallest absolute Gasteiger partial charge is 0.248 e. The Morgan fingerprint density at radius 1 is 0.957 bits per heavy atom. The molecular formula is C16H19N3O3S. The van der Waals surface area contributed by atoms with Gasteiger partial charge in [0.2, 0.25) is 15.6 Å². The second-order valence-corrected chi connectivity index (χ2v) is 7.51. The number of nitrogens with zero attached hydrogens (tertiary/aromatic N) is 2. The highest BCUT2D eigenvalue weighted by Gasteiger charge is 2.27. The van der Waals surface area contributed by atoms with Gasteiger partial charge in [-0.25, -0.2) is 8.42 Å². The van der Waals surface area contributed by atoms with Crippen LogP contribution in [0, 0.1) is 0 Å². The summed E-state index contributed by atoms with van der Waals surface area (Å²) < 4.78 is 26.5. The van der Waals surface area contributed by atoms with E-state index in [1.54, 1.807) is 16.6 Å². The first kappa shape index (κ1) is 15.8. The molecule has 2 aromatic rings. The van der Waals surface area contributed by atoms with Crippen LogP contribution in [0.5, 0.6) is 0 Å². The molecule has 0 unspecified atom stereocenters. The molecule has 1 saturated heterocycles. The highest BCUT2D eigenvalue weighted by Crippen LogP contribution is 2.17. The van der Waals surface area contributed by atoms with E-state index in [-0.39, 0.29) is 11.3 Å². The molecule has 1 aliphatic heterocycles. The van der Waals surface area contributed by atoms with Gasteiger partial charge >= 0.3 is 0 Å². The Morgan fingerprint density at radius 3 is 2.26 bits per heavy atom. The topological polar surface area (TPSA) is 73.5 Å². The Hall–Kier alpha value is -2.12. The number of aromatic nitrogens is 1. The molecule has 0 saturated carbocycles. The van der Waals surface area contributed by atoms with Gasteiger partial charge in [0, 0.05) is 38.4 Å². The van der Waals surface area contributed by atoms with Crippen LogP contribution in [-0.4, -0.2) is 43.9 Å².